The fourth-order valence-electron chi connectivity index (χ4n) is 4.35. The maximum Gasteiger partial charge on any atom is 0.264 e. The molecule has 226 valence electrons. The topological polar surface area (TPSA) is 105 Å². The molecule has 0 aromatic heterocycles. The summed E-state index contributed by atoms with van der Waals surface area (Å²) in [5.41, 5.74) is 0.832. The van der Waals surface area contributed by atoms with Gasteiger partial charge in [-0.15, -0.1) is 0 Å². The molecule has 1 N–H and O–H groups in total. The molecule has 0 aliphatic rings. The summed E-state index contributed by atoms with van der Waals surface area (Å²) in [4.78, 5) is 28.6. The maximum absolute atomic E-state index is 14.1. The van der Waals surface area contributed by atoms with E-state index in [2.05, 4.69) is 5.32 Å². The highest BCUT2D eigenvalue weighted by Gasteiger charge is 2.34. The van der Waals surface area contributed by atoms with Gasteiger partial charge in [-0.05, 0) is 54.8 Å². The van der Waals surface area contributed by atoms with Crippen molar-refractivity contribution in [3.05, 3.63) is 82.3 Å². The van der Waals surface area contributed by atoms with Crippen LogP contribution in [-0.4, -0.2) is 58.5 Å². The lowest BCUT2D eigenvalue weighted by atomic mass is 10.1. The molecule has 12 heteroatoms. The van der Waals surface area contributed by atoms with Crippen LogP contribution >= 0.6 is 23.2 Å². The highest BCUT2D eigenvalue weighted by atomic mass is 35.5. The van der Waals surface area contributed by atoms with E-state index in [1.165, 1.54) is 37.3 Å². The van der Waals surface area contributed by atoms with Crippen molar-refractivity contribution >= 4 is 50.7 Å². The van der Waals surface area contributed by atoms with Gasteiger partial charge in [0.05, 0.1) is 24.8 Å². The molecule has 0 bridgehead atoms. The molecule has 3 aromatic rings. The van der Waals surface area contributed by atoms with E-state index in [1.54, 1.807) is 55.5 Å². The number of ether oxygens (including phenoxy) is 2. The Labute approximate surface area is 257 Å². The predicted octanol–water partition coefficient (Wildman–Crippen LogP) is 5.54. The zero-order chi connectivity index (χ0) is 30.9. The van der Waals surface area contributed by atoms with Gasteiger partial charge in [-0.1, -0.05) is 61.3 Å². The van der Waals surface area contributed by atoms with Gasteiger partial charge in [0, 0.05) is 29.2 Å². The molecule has 42 heavy (non-hydrogen) atoms. The molecule has 0 aliphatic carbocycles. The lowest BCUT2D eigenvalue weighted by molar-refractivity contribution is -0.140. The molecule has 0 aliphatic heterocycles. The number of hydrogen-bond acceptors (Lipinski definition) is 6. The van der Waals surface area contributed by atoms with Crippen molar-refractivity contribution in [2.45, 2.75) is 44.2 Å². The fraction of sp³-hybridized carbons (Fsp3) is 0.333. The van der Waals surface area contributed by atoms with Gasteiger partial charge in [0.25, 0.3) is 10.0 Å². The van der Waals surface area contributed by atoms with Gasteiger partial charge in [-0.2, -0.15) is 0 Å². The second-order valence-corrected chi connectivity index (χ2v) is 12.0. The van der Waals surface area contributed by atoms with Crippen LogP contribution in [-0.2, 0) is 26.2 Å². The van der Waals surface area contributed by atoms with E-state index in [0.717, 1.165) is 4.31 Å². The largest absolute Gasteiger partial charge is 0.493 e. The second kappa shape index (κ2) is 15.1. The number of sulfonamides is 1. The van der Waals surface area contributed by atoms with Crippen molar-refractivity contribution in [3.8, 4) is 11.5 Å². The Morgan fingerprint density at radius 1 is 0.929 bits per heavy atom. The SMILES string of the molecule is CCCNC(=O)[C@@H](CC)N(Cc1ccc(Cl)cc1Cl)C(=O)CN(c1ccccc1)S(=O)(=O)c1ccc(OC)c(OC)c1. The molecule has 0 saturated carbocycles. The van der Waals surface area contributed by atoms with Crippen molar-refractivity contribution in [2.75, 3.05) is 31.6 Å². The summed E-state index contributed by atoms with van der Waals surface area (Å²) >= 11 is 12.5. The summed E-state index contributed by atoms with van der Waals surface area (Å²) in [5, 5.41) is 3.59. The van der Waals surface area contributed by atoms with Crippen molar-refractivity contribution in [1.29, 1.82) is 0 Å². The van der Waals surface area contributed by atoms with Gasteiger partial charge in [-0.25, -0.2) is 8.42 Å². The minimum absolute atomic E-state index is 0.0358. The molecule has 0 radical (unpaired) electrons. The standard InChI is InChI=1S/C30H35Cl2N3O6S/c1-5-16-33-30(37)26(6-2)34(19-21-12-13-22(31)17-25(21)32)29(36)20-35(23-10-8-7-9-11-23)42(38,39)24-14-15-27(40-3)28(18-24)41-4/h7-15,17-18,26H,5-6,16,19-20H2,1-4H3,(H,33,37)/t26-/m1/s1. The molecule has 0 spiro atoms. The molecule has 3 rings (SSSR count). The van der Waals surface area contributed by atoms with E-state index in [-0.39, 0.29) is 28.8 Å². The summed E-state index contributed by atoms with van der Waals surface area (Å²) < 4.78 is 39.7. The lowest BCUT2D eigenvalue weighted by Crippen LogP contribution is -2.52. The van der Waals surface area contributed by atoms with Gasteiger partial charge in [-0.3, -0.25) is 13.9 Å². The number of nitrogens with one attached hydrogen (secondary N) is 1. The summed E-state index contributed by atoms with van der Waals surface area (Å²) in [6.07, 6.45) is 1.00. The van der Waals surface area contributed by atoms with Crippen LogP contribution < -0.4 is 19.1 Å². The molecular weight excluding hydrogens is 601 g/mol. The van der Waals surface area contributed by atoms with E-state index in [4.69, 9.17) is 32.7 Å². The van der Waals surface area contributed by atoms with Crippen LogP contribution in [0.25, 0.3) is 0 Å². The van der Waals surface area contributed by atoms with E-state index >= 15 is 0 Å². The number of para-hydroxylation sites is 1. The third-order valence-electron chi connectivity index (χ3n) is 6.56. The number of rotatable bonds is 14. The van der Waals surface area contributed by atoms with Crippen LogP contribution in [0.5, 0.6) is 11.5 Å². The molecule has 0 unspecified atom stereocenters. The molecule has 9 nitrogen and oxygen atoms in total. The fourth-order valence-corrected chi connectivity index (χ4v) is 6.24. The van der Waals surface area contributed by atoms with Crippen molar-refractivity contribution in [1.82, 2.24) is 10.2 Å². The van der Waals surface area contributed by atoms with Crippen LogP contribution in [0.4, 0.5) is 5.69 Å². The van der Waals surface area contributed by atoms with E-state index in [1.807, 2.05) is 6.92 Å². The van der Waals surface area contributed by atoms with E-state index < -0.39 is 28.5 Å². The van der Waals surface area contributed by atoms with Crippen molar-refractivity contribution < 1.29 is 27.5 Å². The van der Waals surface area contributed by atoms with Crippen LogP contribution in [0.15, 0.2) is 71.6 Å². The summed E-state index contributed by atoms with van der Waals surface area (Å²) in [6.45, 7) is 3.53. The first-order valence-electron chi connectivity index (χ1n) is 13.4. The smallest absolute Gasteiger partial charge is 0.264 e. The minimum atomic E-state index is -4.29. The third-order valence-corrected chi connectivity index (χ3v) is 8.91. The highest BCUT2D eigenvalue weighted by molar-refractivity contribution is 7.92. The number of carbonyl (C=O) groups is 2. The molecule has 0 saturated heterocycles. The highest BCUT2D eigenvalue weighted by Crippen LogP contribution is 2.32. The number of anilines is 1. The van der Waals surface area contributed by atoms with Gasteiger partial charge < -0.3 is 19.7 Å². The average Bonchev–Trinajstić information content (AvgIpc) is 2.99. The number of halogens is 2. The van der Waals surface area contributed by atoms with Gasteiger partial charge in [0.2, 0.25) is 11.8 Å². The van der Waals surface area contributed by atoms with Crippen LogP contribution in [0, 0.1) is 0 Å². The summed E-state index contributed by atoms with van der Waals surface area (Å²) in [7, 11) is -1.44. The van der Waals surface area contributed by atoms with Crippen LogP contribution in [0.2, 0.25) is 10.0 Å². The Morgan fingerprint density at radius 2 is 1.62 bits per heavy atom. The van der Waals surface area contributed by atoms with Gasteiger partial charge in [0.15, 0.2) is 11.5 Å². The van der Waals surface area contributed by atoms with Gasteiger partial charge >= 0.3 is 0 Å². The lowest BCUT2D eigenvalue weighted by Gasteiger charge is -2.33. The summed E-state index contributed by atoms with van der Waals surface area (Å²) in [5.74, 6) is -0.358. The molecule has 0 fully saturated rings. The Morgan fingerprint density at radius 3 is 2.21 bits per heavy atom. The summed E-state index contributed by atoms with van der Waals surface area (Å²) in [6, 6.07) is 16.5. The maximum atomic E-state index is 14.1. The number of benzene rings is 3. The first kappa shape index (κ1) is 33.0. The zero-order valence-electron chi connectivity index (χ0n) is 24.0. The number of methoxy groups -OCH3 is 2. The van der Waals surface area contributed by atoms with Crippen LogP contribution in [0.3, 0.4) is 0 Å². The Bertz CT molecular complexity index is 1490. The molecule has 0 heterocycles. The number of amides is 2. The average molecular weight is 637 g/mol. The van der Waals surface area contributed by atoms with Crippen molar-refractivity contribution in [2.24, 2.45) is 0 Å². The second-order valence-electron chi connectivity index (χ2n) is 9.34. The molecular formula is C30H35Cl2N3O6S. The molecule has 2 amide bonds. The molecule has 3 aromatic carbocycles. The quantitative estimate of drug-likeness (QED) is 0.249. The molecule has 1 atom stereocenters. The first-order valence-corrected chi connectivity index (χ1v) is 15.6. The predicted molar refractivity (Wildman–Crippen MR) is 165 cm³/mol. The number of carbonyl (C=O) groups excluding carboxylic acids is 2. The van der Waals surface area contributed by atoms with E-state index in [0.29, 0.717) is 40.7 Å². The van der Waals surface area contributed by atoms with Gasteiger partial charge in [0.1, 0.15) is 12.6 Å². The normalized spacial score (nSPS) is 11.9. The Balaban J connectivity index is 2.08. The monoisotopic (exact) mass is 635 g/mol. The van der Waals surface area contributed by atoms with Crippen LogP contribution in [0.1, 0.15) is 32.3 Å². The Kier molecular flexibility index (Phi) is 11.9. The Hall–Kier alpha value is -3.47. The number of hydrogen-bond donors (Lipinski definition) is 1. The zero-order valence-corrected chi connectivity index (χ0v) is 26.3. The van der Waals surface area contributed by atoms with E-state index in [9.17, 15) is 18.0 Å². The first-order chi connectivity index (χ1) is 20.1. The minimum Gasteiger partial charge on any atom is -0.493 e. The number of nitrogens with zero attached hydrogens (tertiary/aromatic N) is 2. The third kappa shape index (κ3) is 7.87. The van der Waals surface area contributed by atoms with Crippen molar-refractivity contribution in [3.63, 3.8) is 0 Å².